The van der Waals surface area contributed by atoms with Crippen LogP contribution in [-0.4, -0.2) is 66.1 Å². The number of carbonyl (C=O) groups excluding carboxylic acids is 1. The van der Waals surface area contributed by atoms with Crippen LogP contribution in [0.1, 0.15) is 16.1 Å². The Hall–Kier alpha value is -4.07. The Morgan fingerprint density at radius 1 is 0.886 bits per heavy atom. The standard InChI is InChI=1S/C27H27N5O3/c1-19-7-12-24-25(28-19)29-27(35-24)31-15-13-30(14-16-31)26(33)20-8-10-21(11-9-20)32-17-23(18-32)34-22-5-3-2-4-6-22/h2-12,23H,13-18H2,1H3. The molecule has 2 fully saturated rings. The Morgan fingerprint density at radius 3 is 2.37 bits per heavy atom. The molecule has 0 unspecified atom stereocenters. The smallest absolute Gasteiger partial charge is 0.300 e. The van der Waals surface area contributed by atoms with E-state index >= 15 is 0 Å². The predicted octanol–water partition coefficient (Wildman–Crippen LogP) is 3.76. The highest BCUT2D eigenvalue weighted by Crippen LogP contribution is 2.26. The molecule has 6 rings (SSSR count). The molecule has 0 aliphatic carbocycles. The van der Waals surface area contributed by atoms with E-state index in [0.717, 1.165) is 30.2 Å². The van der Waals surface area contributed by atoms with E-state index in [2.05, 4.69) is 19.8 Å². The van der Waals surface area contributed by atoms with Crippen molar-refractivity contribution >= 4 is 28.8 Å². The zero-order valence-electron chi connectivity index (χ0n) is 19.6. The number of aromatic nitrogens is 2. The zero-order chi connectivity index (χ0) is 23.8. The van der Waals surface area contributed by atoms with Gasteiger partial charge in [-0.3, -0.25) is 4.79 Å². The van der Waals surface area contributed by atoms with Gasteiger partial charge < -0.3 is 23.9 Å². The van der Waals surface area contributed by atoms with Gasteiger partial charge in [0.15, 0.2) is 5.58 Å². The summed E-state index contributed by atoms with van der Waals surface area (Å²) in [6, 6.07) is 22.2. The number of nitrogens with zero attached hydrogens (tertiary/aromatic N) is 5. The summed E-state index contributed by atoms with van der Waals surface area (Å²) in [7, 11) is 0. The highest BCUT2D eigenvalue weighted by molar-refractivity contribution is 5.94. The van der Waals surface area contributed by atoms with E-state index in [4.69, 9.17) is 9.15 Å². The summed E-state index contributed by atoms with van der Waals surface area (Å²) < 4.78 is 11.9. The first-order valence-corrected chi connectivity index (χ1v) is 12.0. The Balaban J connectivity index is 1.02. The zero-order valence-corrected chi connectivity index (χ0v) is 19.6. The number of oxazole rings is 1. The van der Waals surface area contributed by atoms with Gasteiger partial charge in [-0.15, -0.1) is 0 Å². The summed E-state index contributed by atoms with van der Waals surface area (Å²) in [5, 5.41) is 0. The molecule has 2 aromatic carbocycles. The minimum atomic E-state index is 0.0555. The molecule has 0 bridgehead atoms. The van der Waals surface area contributed by atoms with Crippen molar-refractivity contribution in [1.29, 1.82) is 0 Å². The van der Waals surface area contributed by atoms with Gasteiger partial charge >= 0.3 is 0 Å². The van der Waals surface area contributed by atoms with Crippen LogP contribution in [0.3, 0.4) is 0 Å². The Bertz CT molecular complexity index is 1320. The van der Waals surface area contributed by atoms with Crippen LogP contribution in [0.5, 0.6) is 5.75 Å². The third kappa shape index (κ3) is 4.39. The number of rotatable bonds is 5. The van der Waals surface area contributed by atoms with Gasteiger partial charge in [0.25, 0.3) is 11.9 Å². The van der Waals surface area contributed by atoms with Crippen LogP contribution >= 0.6 is 0 Å². The first-order valence-electron chi connectivity index (χ1n) is 12.0. The second kappa shape index (κ2) is 8.94. The molecule has 4 heterocycles. The molecule has 0 N–H and O–H groups in total. The number of para-hydroxylation sites is 1. The van der Waals surface area contributed by atoms with Crippen molar-refractivity contribution in [3.63, 3.8) is 0 Å². The van der Waals surface area contributed by atoms with Crippen molar-refractivity contribution in [2.75, 3.05) is 49.1 Å². The van der Waals surface area contributed by atoms with Gasteiger partial charge in [0.1, 0.15) is 11.9 Å². The number of amides is 1. The molecule has 0 saturated carbocycles. The number of hydrogen-bond donors (Lipinski definition) is 0. The summed E-state index contributed by atoms with van der Waals surface area (Å²) in [5.41, 5.74) is 4.04. The molecule has 2 aromatic heterocycles. The molecule has 0 spiro atoms. The molecule has 35 heavy (non-hydrogen) atoms. The lowest BCUT2D eigenvalue weighted by atomic mass is 10.1. The molecule has 0 atom stereocenters. The van der Waals surface area contributed by atoms with E-state index in [-0.39, 0.29) is 12.0 Å². The number of anilines is 2. The molecule has 8 nitrogen and oxygen atoms in total. The number of fused-ring (bicyclic) bond motifs is 1. The number of carbonyl (C=O) groups is 1. The number of ether oxygens (including phenoxy) is 1. The van der Waals surface area contributed by atoms with Gasteiger partial charge in [-0.05, 0) is 55.5 Å². The summed E-state index contributed by atoms with van der Waals surface area (Å²) in [6.07, 6.45) is 0.191. The Kier molecular flexibility index (Phi) is 5.48. The van der Waals surface area contributed by atoms with Gasteiger partial charge in [0, 0.05) is 43.1 Å². The molecule has 2 aliphatic rings. The SMILES string of the molecule is Cc1ccc2oc(N3CCN(C(=O)c4ccc(N5CC(Oc6ccccc6)C5)cc4)CC3)nc2n1. The Morgan fingerprint density at radius 2 is 1.63 bits per heavy atom. The molecule has 8 heteroatoms. The maximum atomic E-state index is 13.1. The van der Waals surface area contributed by atoms with Crippen LogP contribution in [0.15, 0.2) is 71.1 Å². The monoisotopic (exact) mass is 469 g/mol. The quantitative estimate of drug-likeness (QED) is 0.441. The van der Waals surface area contributed by atoms with Crippen molar-refractivity contribution in [3.8, 4) is 5.75 Å². The normalized spacial score (nSPS) is 16.4. The van der Waals surface area contributed by atoms with Crippen molar-refractivity contribution in [3.05, 3.63) is 78.0 Å². The maximum Gasteiger partial charge on any atom is 0.300 e. The average Bonchev–Trinajstić information content (AvgIpc) is 3.30. The molecule has 2 saturated heterocycles. The fourth-order valence-corrected chi connectivity index (χ4v) is 4.55. The van der Waals surface area contributed by atoms with Crippen LogP contribution < -0.4 is 14.5 Å². The number of piperazine rings is 1. The largest absolute Gasteiger partial charge is 0.487 e. The summed E-state index contributed by atoms with van der Waals surface area (Å²) >= 11 is 0. The lowest BCUT2D eigenvalue weighted by Gasteiger charge is -2.40. The third-order valence-corrected chi connectivity index (χ3v) is 6.59. The van der Waals surface area contributed by atoms with Crippen molar-refractivity contribution in [2.45, 2.75) is 13.0 Å². The number of benzene rings is 2. The first kappa shape index (κ1) is 21.5. The van der Waals surface area contributed by atoms with E-state index in [1.807, 2.05) is 78.6 Å². The fraction of sp³-hybridized carbons (Fsp3) is 0.296. The minimum Gasteiger partial charge on any atom is -0.487 e. The van der Waals surface area contributed by atoms with Gasteiger partial charge in [-0.25, -0.2) is 4.98 Å². The molecule has 0 radical (unpaired) electrons. The fourth-order valence-electron chi connectivity index (χ4n) is 4.55. The molecule has 1 amide bonds. The van der Waals surface area contributed by atoms with Crippen molar-refractivity contribution in [2.24, 2.45) is 0 Å². The van der Waals surface area contributed by atoms with Crippen molar-refractivity contribution in [1.82, 2.24) is 14.9 Å². The molecule has 4 aromatic rings. The van der Waals surface area contributed by atoms with Crippen LogP contribution in [0.4, 0.5) is 11.7 Å². The number of hydrogen-bond acceptors (Lipinski definition) is 7. The van der Waals surface area contributed by atoms with E-state index in [1.54, 1.807) is 0 Å². The van der Waals surface area contributed by atoms with Crippen LogP contribution in [0, 0.1) is 6.92 Å². The minimum absolute atomic E-state index is 0.0555. The summed E-state index contributed by atoms with van der Waals surface area (Å²) in [5.74, 6) is 0.959. The van der Waals surface area contributed by atoms with Gasteiger partial charge in [-0.2, -0.15) is 4.98 Å². The van der Waals surface area contributed by atoms with Gasteiger partial charge in [-0.1, -0.05) is 18.2 Å². The van der Waals surface area contributed by atoms with E-state index in [1.165, 1.54) is 0 Å². The lowest BCUT2D eigenvalue weighted by Crippen LogP contribution is -2.54. The van der Waals surface area contributed by atoms with E-state index in [0.29, 0.717) is 49.0 Å². The van der Waals surface area contributed by atoms with Crippen molar-refractivity contribution < 1.29 is 13.9 Å². The van der Waals surface area contributed by atoms with Crippen LogP contribution in [0.2, 0.25) is 0 Å². The second-order valence-electron chi connectivity index (χ2n) is 9.05. The molecule has 178 valence electrons. The van der Waals surface area contributed by atoms with Gasteiger partial charge in [0.05, 0.1) is 13.1 Å². The Labute approximate surface area is 203 Å². The summed E-state index contributed by atoms with van der Waals surface area (Å²) in [6.45, 7) is 6.21. The van der Waals surface area contributed by atoms with E-state index < -0.39 is 0 Å². The predicted molar refractivity (Wildman–Crippen MR) is 134 cm³/mol. The lowest BCUT2D eigenvalue weighted by molar-refractivity contribution is 0.0745. The van der Waals surface area contributed by atoms with Crippen LogP contribution in [0.25, 0.3) is 11.2 Å². The average molecular weight is 470 g/mol. The summed E-state index contributed by atoms with van der Waals surface area (Å²) in [4.78, 5) is 28.2. The first-order chi connectivity index (χ1) is 17.1. The number of pyridine rings is 1. The number of aryl methyl sites for hydroxylation is 1. The topological polar surface area (TPSA) is 74.9 Å². The molecular formula is C27H27N5O3. The third-order valence-electron chi connectivity index (χ3n) is 6.59. The molecular weight excluding hydrogens is 442 g/mol. The second-order valence-corrected chi connectivity index (χ2v) is 9.05. The maximum absolute atomic E-state index is 13.1. The highest BCUT2D eigenvalue weighted by atomic mass is 16.5. The highest BCUT2D eigenvalue weighted by Gasteiger charge is 2.29. The van der Waals surface area contributed by atoms with Gasteiger partial charge in [0.2, 0.25) is 5.65 Å². The van der Waals surface area contributed by atoms with E-state index in [9.17, 15) is 4.79 Å². The van der Waals surface area contributed by atoms with Crippen LogP contribution in [-0.2, 0) is 0 Å². The molecule has 2 aliphatic heterocycles.